The first-order valence-corrected chi connectivity index (χ1v) is 8.57. The van der Waals surface area contributed by atoms with Gasteiger partial charge in [-0.2, -0.15) is 5.10 Å². The summed E-state index contributed by atoms with van der Waals surface area (Å²) in [6.07, 6.45) is -4.81. The number of methoxy groups -OCH3 is 1. The second kappa shape index (κ2) is 8.26. The first-order valence-electron chi connectivity index (χ1n) is 8.57. The van der Waals surface area contributed by atoms with E-state index >= 15 is 0 Å². The summed E-state index contributed by atoms with van der Waals surface area (Å²) in [5.41, 5.74) is 1.80. The van der Waals surface area contributed by atoms with Crippen molar-refractivity contribution in [1.82, 2.24) is 15.1 Å². The number of para-hydroxylation sites is 1. The number of aryl methyl sites for hydroxylation is 1. The van der Waals surface area contributed by atoms with Crippen LogP contribution in [0.5, 0.6) is 11.5 Å². The van der Waals surface area contributed by atoms with Crippen molar-refractivity contribution in [1.29, 1.82) is 0 Å². The van der Waals surface area contributed by atoms with Crippen LogP contribution < -0.4 is 14.8 Å². The molecule has 29 heavy (non-hydrogen) atoms. The molecular weight excluding hydrogens is 387 g/mol. The predicted octanol–water partition coefficient (Wildman–Crippen LogP) is 3.92. The number of benzene rings is 2. The molecule has 0 unspecified atom stereocenters. The third-order valence-corrected chi connectivity index (χ3v) is 4.12. The molecule has 0 aliphatic carbocycles. The van der Waals surface area contributed by atoms with Crippen LogP contribution in [0.2, 0.25) is 0 Å². The lowest BCUT2D eigenvalue weighted by molar-refractivity contribution is -0.274. The summed E-state index contributed by atoms with van der Waals surface area (Å²) in [7, 11) is 3.16. The van der Waals surface area contributed by atoms with Crippen molar-refractivity contribution in [3.05, 3.63) is 65.9 Å². The molecule has 9 heteroatoms. The smallest absolute Gasteiger partial charge is 0.497 e. The average Bonchev–Trinajstić information content (AvgIpc) is 3.08. The zero-order valence-corrected chi connectivity index (χ0v) is 15.7. The van der Waals surface area contributed by atoms with E-state index in [-0.39, 0.29) is 23.6 Å². The number of aromatic nitrogens is 2. The van der Waals surface area contributed by atoms with Gasteiger partial charge in [0, 0.05) is 24.7 Å². The zero-order chi connectivity index (χ0) is 21.0. The van der Waals surface area contributed by atoms with Crippen molar-refractivity contribution in [2.45, 2.75) is 12.9 Å². The number of carbonyl (C=O) groups excluding carboxylic acids is 1. The number of rotatable bonds is 6. The second-order valence-electron chi connectivity index (χ2n) is 6.11. The van der Waals surface area contributed by atoms with Crippen LogP contribution in [0.15, 0.2) is 54.6 Å². The van der Waals surface area contributed by atoms with E-state index in [1.165, 1.54) is 22.9 Å². The number of hydrogen-bond acceptors (Lipinski definition) is 4. The molecule has 1 N–H and O–H groups in total. The maximum Gasteiger partial charge on any atom is 0.573 e. The fourth-order valence-electron chi connectivity index (χ4n) is 2.74. The molecule has 0 aliphatic heterocycles. The molecule has 6 nitrogen and oxygen atoms in total. The summed E-state index contributed by atoms with van der Waals surface area (Å²) in [5, 5.41) is 6.92. The third kappa shape index (κ3) is 5.07. The zero-order valence-electron chi connectivity index (χ0n) is 15.7. The molecule has 2 aromatic carbocycles. The Hall–Kier alpha value is -3.49. The highest BCUT2D eigenvalue weighted by Crippen LogP contribution is 2.26. The largest absolute Gasteiger partial charge is 0.573 e. The molecule has 1 heterocycles. The van der Waals surface area contributed by atoms with Crippen LogP contribution >= 0.6 is 0 Å². The van der Waals surface area contributed by atoms with Crippen molar-refractivity contribution >= 4 is 5.91 Å². The summed E-state index contributed by atoms with van der Waals surface area (Å²) in [6.45, 7) is -0.134. The molecule has 152 valence electrons. The van der Waals surface area contributed by atoms with Crippen molar-refractivity contribution in [3.63, 3.8) is 0 Å². The monoisotopic (exact) mass is 405 g/mol. The Labute approximate surface area is 164 Å². The van der Waals surface area contributed by atoms with Crippen LogP contribution in [0.1, 0.15) is 16.1 Å². The van der Waals surface area contributed by atoms with Crippen molar-refractivity contribution in [2.75, 3.05) is 7.11 Å². The molecule has 3 aromatic rings. The van der Waals surface area contributed by atoms with Crippen LogP contribution in [0, 0.1) is 0 Å². The van der Waals surface area contributed by atoms with E-state index < -0.39 is 12.3 Å². The SMILES string of the molecule is COc1cccc(-c2cc(C(=O)NCc3ccccc3OC(F)(F)F)n(C)n2)c1. The Kier molecular flexibility index (Phi) is 5.76. The summed E-state index contributed by atoms with van der Waals surface area (Å²) in [4.78, 5) is 12.5. The molecule has 0 saturated carbocycles. The molecule has 1 amide bonds. The second-order valence-corrected chi connectivity index (χ2v) is 6.11. The third-order valence-electron chi connectivity index (χ3n) is 4.12. The van der Waals surface area contributed by atoms with E-state index in [0.29, 0.717) is 11.4 Å². The van der Waals surface area contributed by atoms with Crippen LogP contribution in [0.3, 0.4) is 0 Å². The van der Waals surface area contributed by atoms with E-state index in [1.807, 2.05) is 6.07 Å². The Bertz CT molecular complexity index is 1020. The van der Waals surface area contributed by atoms with E-state index in [4.69, 9.17) is 4.74 Å². The van der Waals surface area contributed by atoms with Gasteiger partial charge in [-0.3, -0.25) is 9.48 Å². The molecule has 0 fully saturated rings. The fraction of sp³-hybridized carbons (Fsp3) is 0.200. The quantitative estimate of drug-likeness (QED) is 0.675. The molecule has 0 bridgehead atoms. The van der Waals surface area contributed by atoms with Gasteiger partial charge in [0.15, 0.2) is 0 Å². The normalized spacial score (nSPS) is 11.2. The minimum atomic E-state index is -4.81. The highest BCUT2D eigenvalue weighted by Gasteiger charge is 2.32. The first kappa shape index (κ1) is 20.2. The van der Waals surface area contributed by atoms with Gasteiger partial charge in [0.1, 0.15) is 17.2 Å². The lowest BCUT2D eigenvalue weighted by Gasteiger charge is -2.13. The van der Waals surface area contributed by atoms with Crippen molar-refractivity contribution < 1.29 is 27.4 Å². The number of carbonyl (C=O) groups is 1. The van der Waals surface area contributed by atoms with Crippen LogP contribution in [-0.4, -0.2) is 29.2 Å². The maximum absolute atomic E-state index is 12.5. The topological polar surface area (TPSA) is 65.4 Å². The molecule has 0 radical (unpaired) electrons. The number of alkyl halides is 3. The summed E-state index contributed by atoms with van der Waals surface area (Å²) >= 11 is 0. The van der Waals surface area contributed by atoms with Crippen molar-refractivity contribution in [3.8, 4) is 22.8 Å². The number of ether oxygens (including phenoxy) is 2. The minimum absolute atomic E-state index is 0.134. The summed E-state index contributed by atoms with van der Waals surface area (Å²) in [5.74, 6) is -0.182. The standard InChI is InChI=1S/C20H18F3N3O3/c1-26-17(11-16(25-26)13-7-5-8-15(10-13)28-2)19(27)24-12-14-6-3-4-9-18(14)29-20(21,22)23/h3-11H,12H2,1-2H3,(H,24,27). The van der Waals surface area contributed by atoms with Gasteiger partial charge < -0.3 is 14.8 Å². The molecule has 0 atom stereocenters. The highest BCUT2D eigenvalue weighted by atomic mass is 19.4. The lowest BCUT2D eigenvalue weighted by Crippen LogP contribution is -2.26. The van der Waals surface area contributed by atoms with Gasteiger partial charge in [0.25, 0.3) is 5.91 Å². The van der Waals surface area contributed by atoms with Crippen LogP contribution in [0.25, 0.3) is 11.3 Å². The molecule has 0 spiro atoms. The first-order chi connectivity index (χ1) is 13.8. The van der Waals surface area contributed by atoms with Gasteiger partial charge in [0.2, 0.25) is 0 Å². The number of amides is 1. The Morgan fingerprint density at radius 1 is 1.14 bits per heavy atom. The number of halogens is 3. The van der Waals surface area contributed by atoms with Gasteiger partial charge in [-0.15, -0.1) is 13.2 Å². The highest BCUT2D eigenvalue weighted by molar-refractivity contribution is 5.93. The van der Waals surface area contributed by atoms with Gasteiger partial charge in [-0.1, -0.05) is 30.3 Å². The molecule has 0 aliphatic rings. The van der Waals surface area contributed by atoms with Crippen LogP contribution in [0.4, 0.5) is 13.2 Å². The number of hydrogen-bond donors (Lipinski definition) is 1. The maximum atomic E-state index is 12.5. The van der Waals surface area contributed by atoms with Gasteiger partial charge in [-0.05, 0) is 24.3 Å². The summed E-state index contributed by atoms with van der Waals surface area (Å²) < 4.78 is 48.2. The molecular formula is C20H18F3N3O3. The minimum Gasteiger partial charge on any atom is -0.497 e. The van der Waals surface area contributed by atoms with Crippen LogP contribution in [-0.2, 0) is 13.6 Å². The van der Waals surface area contributed by atoms with E-state index in [0.717, 1.165) is 5.56 Å². The lowest BCUT2D eigenvalue weighted by atomic mass is 10.1. The van der Waals surface area contributed by atoms with Crippen molar-refractivity contribution in [2.24, 2.45) is 7.05 Å². The van der Waals surface area contributed by atoms with E-state index in [9.17, 15) is 18.0 Å². The fourth-order valence-corrected chi connectivity index (χ4v) is 2.74. The van der Waals surface area contributed by atoms with E-state index in [2.05, 4.69) is 15.2 Å². The Balaban J connectivity index is 1.75. The number of nitrogens with one attached hydrogen (secondary N) is 1. The Morgan fingerprint density at radius 3 is 2.62 bits per heavy atom. The molecule has 3 rings (SSSR count). The summed E-state index contributed by atoms with van der Waals surface area (Å²) in [6, 6.07) is 14.4. The van der Waals surface area contributed by atoms with Gasteiger partial charge in [-0.25, -0.2) is 0 Å². The average molecular weight is 405 g/mol. The predicted molar refractivity (Wildman–Crippen MR) is 99.5 cm³/mol. The van der Waals surface area contributed by atoms with Gasteiger partial charge in [0.05, 0.1) is 12.8 Å². The number of nitrogens with zero attached hydrogens (tertiary/aromatic N) is 2. The van der Waals surface area contributed by atoms with Gasteiger partial charge >= 0.3 is 6.36 Å². The molecule has 0 saturated heterocycles. The Morgan fingerprint density at radius 2 is 1.90 bits per heavy atom. The molecule has 1 aromatic heterocycles. The van der Waals surface area contributed by atoms with E-state index in [1.54, 1.807) is 44.5 Å².